The molecule has 0 saturated carbocycles. The largest absolute Gasteiger partial charge is 0.396 e. The Hall–Kier alpha value is -0.530. The quantitative estimate of drug-likeness (QED) is 0.729. The van der Waals surface area contributed by atoms with E-state index in [0.29, 0.717) is 0 Å². The zero-order chi connectivity index (χ0) is 13.2. The van der Waals surface area contributed by atoms with Gasteiger partial charge >= 0.3 is 0 Å². The van der Waals surface area contributed by atoms with Crippen molar-refractivity contribution < 1.29 is 13.5 Å². The molecular formula is C9H12Cl2N2O3S. The van der Waals surface area contributed by atoms with Crippen molar-refractivity contribution in [3.05, 3.63) is 22.2 Å². The van der Waals surface area contributed by atoms with Crippen molar-refractivity contribution in [3.63, 3.8) is 0 Å². The number of rotatable bonds is 4. The minimum absolute atomic E-state index is 0.00764. The topological polar surface area (TPSA) is 92.4 Å². The molecule has 0 aromatic heterocycles. The molecule has 17 heavy (non-hydrogen) atoms. The summed E-state index contributed by atoms with van der Waals surface area (Å²) in [6.45, 7) is 1.35. The monoisotopic (exact) mass is 298 g/mol. The molecule has 4 N–H and O–H groups in total. The van der Waals surface area contributed by atoms with E-state index < -0.39 is 16.1 Å². The normalized spacial score (nSPS) is 13.6. The van der Waals surface area contributed by atoms with Crippen LogP contribution in [-0.2, 0) is 10.0 Å². The average Bonchev–Trinajstić information content (AvgIpc) is 2.23. The Bertz CT molecular complexity index is 517. The molecule has 0 bridgehead atoms. The predicted octanol–water partition coefficient (Wildman–Crippen LogP) is 1.23. The van der Waals surface area contributed by atoms with Gasteiger partial charge in [-0.3, -0.25) is 0 Å². The molecule has 1 atom stereocenters. The summed E-state index contributed by atoms with van der Waals surface area (Å²) in [6.07, 6.45) is -0.798. The molecule has 1 aromatic rings. The summed E-state index contributed by atoms with van der Waals surface area (Å²) in [5.74, 6) is 0. The maximum atomic E-state index is 11.8. The molecule has 0 radical (unpaired) electrons. The Morgan fingerprint density at radius 3 is 2.59 bits per heavy atom. The van der Waals surface area contributed by atoms with Crippen LogP contribution < -0.4 is 10.5 Å². The fourth-order valence-corrected chi connectivity index (χ4v) is 2.95. The van der Waals surface area contributed by atoms with Gasteiger partial charge in [0, 0.05) is 6.54 Å². The predicted molar refractivity (Wildman–Crippen MR) is 67.7 cm³/mol. The molecule has 96 valence electrons. The van der Waals surface area contributed by atoms with E-state index in [1.807, 2.05) is 0 Å². The van der Waals surface area contributed by atoms with Gasteiger partial charge in [0.25, 0.3) is 0 Å². The van der Waals surface area contributed by atoms with E-state index in [9.17, 15) is 8.42 Å². The van der Waals surface area contributed by atoms with Crippen LogP contribution >= 0.6 is 23.2 Å². The fraction of sp³-hybridized carbons (Fsp3) is 0.333. The number of hydrogen-bond donors (Lipinski definition) is 3. The van der Waals surface area contributed by atoms with Gasteiger partial charge < -0.3 is 10.8 Å². The lowest BCUT2D eigenvalue weighted by atomic mass is 10.3. The van der Waals surface area contributed by atoms with Crippen LogP contribution in [0.5, 0.6) is 0 Å². The summed E-state index contributed by atoms with van der Waals surface area (Å²) < 4.78 is 25.8. The van der Waals surface area contributed by atoms with Crippen LogP contribution in [0.25, 0.3) is 0 Å². The number of nitrogens with two attached hydrogens (primary N) is 1. The summed E-state index contributed by atoms with van der Waals surface area (Å²) in [5.41, 5.74) is 5.54. The molecule has 0 unspecified atom stereocenters. The van der Waals surface area contributed by atoms with E-state index in [1.165, 1.54) is 19.1 Å². The van der Waals surface area contributed by atoms with Crippen molar-refractivity contribution in [1.82, 2.24) is 4.72 Å². The van der Waals surface area contributed by atoms with Gasteiger partial charge in [-0.05, 0) is 19.1 Å². The minimum Gasteiger partial charge on any atom is -0.396 e. The second-order valence-corrected chi connectivity index (χ2v) is 5.99. The number of nitrogens with one attached hydrogen (secondary N) is 1. The number of nitrogen functional groups attached to an aromatic ring is 1. The third-order valence-electron chi connectivity index (χ3n) is 1.95. The number of sulfonamides is 1. The van der Waals surface area contributed by atoms with Gasteiger partial charge in [-0.2, -0.15) is 0 Å². The molecule has 8 heteroatoms. The van der Waals surface area contributed by atoms with E-state index in [2.05, 4.69) is 4.72 Å². The summed E-state index contributed by atoms with van der Waals surface area (Å²) in [6, 6.07) is 2.60. The van der Waals surface area contributed by atoms with Crippen molar-refractivity contribution in [2.75, 3.05) is 12.3 Å². The molecule has 5 nitrogen and oxygen atoms in total. The lowest BCUT2D eigenvalue weighted by Gasteiger charge is -2.11. The molecule has 0 saturated heterocycles. The number of aliphatic hydroxyl groups excluding tert-OH is 1. The molecular weight excluding hydrogens is 287 g/mol. The smallest absolute Gasteiger partial charge is 0.242 e. The first-order valence-corrected chi connectivity index (χ1v) is 6.91. The van der Waals surface area contributed by atoms with Crippen molar-refractivity contribution in [1.29, 1.82) is 0 Å². The van der Waals surface area contributed by atoms with Gasteiger partial charge in [0.1, 0.15) is 4.90 Å². The lowest BCUT2D eigenvalue weighted by molar-refractivity contribution is 0.198. The Balaban J connectivity index is 3.12. The van der Waals surface area contributed by atoms with Gasteiger partial charge in [-0.25, -0.2) is 13.1 Å². The summed E-state index contributed by atoms with van der Waals surface area (Å²) in [7, 11) is -3.81. The van der Waals surface area contributed by atoms with Crippen molar-refractivity contribution in [3.8, 4) is 0 Å². The maximum Gasteiger partial charge on any atom is 0.242 e. The third-order valence-corrected chi connectivity index (χ3v) is 4.26. The van der Waals surface area contributed by atoms with Crippen LogP contribution in [0.15, 0.2) is 17.0 Å². The van der Waals surface area contributed by atoms with Crippen LogP contribution in [-0.4, -0.2) is 26.2 Å². The van der Waals surface area contributed by atoms with Crippen molar-refractivity contribution in [2.45, 2.75) is 17.9 Å². The van der Waals surface area contributed by atoms with Crippen molar-refractivity contribution >= 4 is 38.9 Å². The van der Waals surface area contributed by atoms with Gasteiger partial charge in [0.05, 0.1) is 21.8 Å². The molecule has 0 amide bonds. The second kappa shape index (κ2) is 5.41. The van der Waals surface area contributed by atoms with Gasteiger partial charge in [0.15, 0.2) is 0 Å². The standard InChI is InChI=1S/C9H12Cl2N2O3S/c1-5(14)4-13-17(15,16)7-3-2-6(10)9(12)8(7)11/h2-3,5,13-14H,4,12H2,1H3/t5-/m1/s1. The number of benzene rings is 1. The SMILES string of the molecule is C[C@@H](O)CNS(=O)(=O)c1ccc(Cl)c(N)c1Cl. The highest BCUT2D eigenvalue weighted by atomic mass is 35.5. The van der Waals surface area contributed by atoms with Crippen LogP contribution in [0.2, 0.25) is 10.0 Å². The van der Waals surface area contributed by atoms with Crippen LogP contribution in [0.4, 0.5) is 5.69 Å². The van der Waals surface area contributed by atoms with Crippen LogP contribution in [0.3, 0.4) is 0 Å². The lowest BCUT2D eigenvalue weighted by Crippen LogP contribution is -2.30. The second-order valence-electron chi connectivity index (χ2n) is 3.47. The van der Waals surface area contributed by atoms with Gasteiger partial charge in [-0.15, -0.1) is 0 Å². The molecule has 0 spiro atoms. The van der Waals surface area contributed by atoms with Crippen molar-refractivity contribution in [2.24, 2.45) is 0 Å². The maximum absolute atomic E-state index is 11.8. The van der Waals surface area contributed by atoms with Gasteiger partial charge in [-0.1, -0.05) is 23.2 Å². The molecule has 0 heterocycles. The first-order chi connectivity index (χ1) is 7.75. The zero-order valence-corrected chi connectivity index (χ0v) is 11.3. The molecule has 0 fully saturated rings. The van der Waals surface area contributed by atoms with Gasteiger partial charge in [0.2, 0.25) is 10.0 Å². The highest BCUT2D eigenvalue weighted by Gasteiger charge is 2.20. The van der Waals surface area contributed by atoms with E-state index >= 15 is 0 Å². The van der Waals surface area contributed by atoms with E-state index in [-0.39, 0.29) is 27.2 Å². The van der Waals surface area contributed by atoms with Crippen LogP contribution in [0.1, 0.15) is 6.92 Å². The Kier molecular flexibility index (Phi) is 4.62. The van der Waals surface area contributed by atoms with E-state index in [0.717, 1.165) is 0 Å². The van der Waals surface area contributed by atoms with E-state index in [4.69, 9.17) is 34.0 Å². The minimum atomic E-state index is -3.81. The number of hydrogen-bond acceptors (Lipinski definition) is 4. The van der Waals surface area contributed by atoms with Crippen LogP contribution in [0, 0.1) is 0 Å². The first-order valence-electron chi connectivity index (χ1n) is 4.67. The Morgan fingerprint density at radius 2 is 2.06 bits per heavy atom. The average molecular weight is 299 g/mol. The molecule has 1 rings (SSSR count). The highest BCUT2D eigenvalue weighted by molar-refractivity contribution is 7.89. The number of aliphatic hydroxyl groups is 1. The first kappa shape index (κ1) is 14.5. The number of halogens is 2. The fourth-order valence-electron chi connectivity index (χ4n) is 1.06. The summed E-state index contributed by atoms with van der Waals surface area (Å²) >= 11 is 11.5. The molecule has 0 aliphatic rings. The van der Waals surface area contributed by atoms with E-state index in [1.54, 1.807) is 0 Å². The Morgan fingerprint density at radius 1 is 1.47 bits per heavy atom. The molecule has 0 aliphatic heterocycles. The highest BCUT2D eigenvalue weighted by Crippen LogP contribution is 2.32. The molecule has 0 aliphatic carbocycles. The molecule has 1 aromatic carbocycles. The zero-order valence-electron chi connectivity index (χ0n) is 8.94. The summed E-state index contributed by atoms with van der Waals surface area (Å²) in [5, 5.41) is 9.08. The Labute approximate surface area is 110 Å². The third kappa shape index (κ3) is 3.46. The number of anilines is 1. The summed E-state index contributed by atoms with van der Waals surface area (Å²) in [4.78, 5) is -0.165.